The zero-order valence-corrected chi connectivity index (χ0v) is 10.2. The summed E-state index contributed by atoms with van der Waals surface area (Å²) in [6, 6.07) is 6.57. The first-order valence-electron chi connectivity index (χ1n) is 6.24. The summed E-state index contributed by atoms with van der Waals surface area (Å²) in [4.78, 5) is 0. The molecule has 0 saturated heterocycles. The Balaban J connectivity index is 2.20. The number of hydrogen-bond donors (Lipinski definition) is 2. The second kappa shape index (κ2) is 4.88. The van der Waals surface area contributed by atoms with Crippen molar-refractivity contribution >= 4 is 5.69 Å². The van der Waals surface area contributed by atoms with E-state index in [9.17, 15) is 5.11 Å². The molecule has 0 amide bonds. The average Bonchev–Trinajstić information content (AvgIpc) is 2.29. The standard InChI is InChI=1S/C14H21NO/c1-10(11(2)16)15-14-9-5-7-12-6-3-4-8-13(12)14/h5,7,9-11,15-16H,3-4,6,8H2,1-2H3. The van der Waals surface area contributed by atoms with Crippen LogP contribution in [-0.2, 0) is 12.8 Å². The minimum absolute atomic E-state index is 0.105. The summed E-state index contributed by atoms with van der Waals surface area (Å²) < 4.78 is 0. The van der Waals surface area contributed by atoms with Crippen LogP contribution < -0.4 is 5.32 Å². The molecule has 0 aliphatic heterocycles. The quantitative estimate of drug-likeness (QED) is 0.819. The lowest BCUT2D eigenvalue weighted by molar-refractivity contribution is 0.178. The summed E-state index contributed by atoms with van der Waals surface area (Å²) >= 11 is 0. The molecule has 2 heteroatoms. The van der Waals surface area contributed by atoms with Crippen LogP contribution in [0.3, 0.4) is 0 Å². The Labute approximate surface area is 97.7 Å². The van der Waals surface area contributed by atoms with Crippen LogP contribution in [0.25, 0.3) is 0 Å². The Morgan fingerprint density at radius 1 is 1.19 bits per heavy atom. The topological polar surface area (TPSA) is 32.3 Å². The Morgan fingerprint density at radius 3 is 2.69 bits per heavy atom. The Morgan fingerprint density at radius 2 is 1.94 bits per heavy atom. The summed E-state index contributed by atoms with van der Waals surface area (Å²) in [6.45, 7) is 3.85. The fourth-order valence-electron chi connectivity index (χ4n) is 2.28. The molecule has 88 valence electrons. The molecule has 1 aliphatic carbocycles. The maximum Gasteiger partial charge on any atom is 0.0710 e. The molecule has 0 saturated carbocycles. The summed E-state index contributed by atoms with van der Waals surface area (Å²) in [5.41, 5.74) is 4.15. The summed E-state index contributed by atoms with van der Waals surface area (Å²) in [5, 5.41) is 12.9. The highest BCUT2D eigenvalue weighted by Crippen LogP contribution is 2.28. The molecular formula is C14H21NO. The maximum atomic E-state index is 9.52. The molecule has 0 aromatic heterocycles. The molecule has 0 spiro atoms. The van der Waals surface area contributed by atoms with Gasteiger partial charge in [-0.25, -0.2) is 0 Å². The van der Waals surface area contributed by atoms with Gasteiger partial charge in [0.2, 0.25) is 0 Å². The first kappa shape index (κ1) is 11.5. The number of hydrogen-bond acceptors (Lipinski definition) is 2. The van der Waals surface area contributed by atoms with Crippen LogP contribution in [0.2, 0.25) is 0 Å². The minimum Gasteiger partial charge on any atom is -0.391 e. The van der Waals surface area contributed by atoms with Gasteiger partial charge in [0.25, 0.3) is 0 Å². The average molecular weight is 219 g/mol. The smallest absolute Gasteiger partial charge is 0.0710 e. The third-order valence-corrected chi connectivity index (χ3v) is 3.50. The van der Waals surface area contributed by atoms with E-state index in [1.54, 1.807) is 0 Å². The number of anilines is 1. The van der Waals surface area contributed by atoms with Crippen molar-refractivity contribution in [2.45, 2.75) is 51.7 Å². The van der Waals surface area contributed by atoms with Crippen LogP contribution in [0.15, 0.2) is 18.2 Å². The van der Waals surface area contributed by atoms with Gasteiger partial charge in [0.1, 0.15) is 0 Å². The van der Waals surface area contributed by atoms with E-state index in [1.807, 2.05) is 13.8 Å². The zero-order chi connectivity index (χ0) is 11.5. The zero-order valence-electron chi connectivity index (χ0n) is 10.2. The normalized spacial score (nSPS) is 18.7. The molecule has 1 aliphatic rings. The molecule has 2 unspecified atom stereocenters. The van der Waals surface area contributed by atoms with Gasteiger partial charge in [-0.15, -0.1) is 0 Å². The molecule has 2 nitrogen and oxygen atoms in total. The Bertz CT molecular complexity index is 360. The highest BCUT2D eigenvalue weighted by Gasteiger charge is 2.15. The van der Waals surface area contributed by atoms with Gasteiger partial charge in [-0.1, -0.05) is 12.1 Å². The molecule has 0 bridgehead atoms. The van der Waals surface area contributed by atoms with Crippen molar-refractivity contribution < 1.29 is 5.11 Å². The van der Waals surface area contributed by atoms with Crippen molar-refractivity contribution in [2.24, 2.45) is 0 Å². The van der Waals surface area contributed by atoms with Gasteiger partial charge in [-0.2, -0.15) is 0 Å². The van der Waals surface area contributed by atoms with Gasteiger partial charge in [0.05, 0.1) is 6.10 Å². The molecule has 2 atom stereocenters. The SMILES string of the molecule is CC(O)C(C)Nc1cccc2c1CCCC2. The van der Waals surface area contributed by atoms with Crippen LogP contribution in [0, 0.1) is 0 Å². The van der Waals surface area contributed by atoms with Crippen LogP contribution in [0.1, 0.15) is 37.8 Å². The van der Waals surface area contributed by atoms with Gasteiger partial charge in [-0.05, 0) is 56.7 Å². The lowest BCUT2D eigenvalue weighted by Gasteiger charge is -2.24. The summed E-state index contributed by atoms with van der Waals surface area (Å²) in [6.07, 6.45) is 4.65. The van der Waals surface area contributed by atoms with E-state index < -0.39 is 0 Å². The molecule has 2 rings (SSSR count). The first-order chi connectivity index (χ1) is 7.68. The molecule has 1 aromatic carbocycles. The van der Waals surface area contributed by atoms with Gasteiger partial charge < -0.3 is 10.4 Å². The second-order valence-corrected chi connectivity index (χ2v) is 4.82. The van der Waals surface area contributed by atoms with E-state index in [0.717, 1.165) is 0 Å². The molecule has 0 fully saturated rings. The number of benzene rings is 1. The predicted molar refractivity (Wildman–Crippen MR) is 67.8 cm³/mol. The third-order valence-electron chi connectivity index (χ3n) is 3.50. The number of fused-ring (bicyclic) bond motifs is 1. The highest BCUT2D eigenvalue weighted by molar-refractivity contribution is 5.56. The highest BCUT2D eigenvalue weighted by atomic mass is 16.3. The number of aryl methyl sites for hydroxylation is 1. The van der Waals surface area contributed by atoms with Crippen LogP contribution in [0.4, 0.5) is 5.69 Å². The molecule has 2 N–H and O–H groups in total. The van der Waals surface area contributed by atoms with Gasteiger partial charge in [0.15, 0.2) is 0 Å². The van der Waals surface area contributed by atoms with Crippen molar-refractivity contribution in [1.29, 1.82) is 0 Å². The fourth-order valence-corrected chi connectivity index (χ4v) is 2.28. The van der Waals surface area contributed by atoms with E-state index in [-0.39, 0.29) is 12.1 Å². The van der Waals surface area contributed by atoms with Crippen LogP contribution >= 0.6 is 0 Å². The molecule has 0 heterocycles. The van der Waals surface area contributed by atoms with Gasteiger partial charge in [0, 0.05) is 11.7 Å². The van der Waals surface area contributed by atoms with Crippen molar-refractivity contribution in [3.63, 3.8) is 0 Å². The van der Waals surface area contributed by atoms with E-state index in [1.165, 1.54) is 42.5 Å². The second-order valence-electron chi connectivity index (χ2n) is 4.82. The molecular weight excluding hydrogens is 198 g/mol. The number of aliphatic hydroxyl groups excluding tert-OH is 1. The number of aliphatic hydroxyl groups is 1. The van der Waals surface area contributed by atoms with Gasteiger partial charge in [-0.3, -0.25) is 0 Å². The lowest BCUT2D eigenvalue weighted by Crippen LogP contribution is -2.28. The van der Waals surface area contributed by atoms with E-state index in [2.05, 4.69) is 23.5 Å². The number of rotatable bonds is 3. The molecule has 16 heavy (non-hydrogen) atoms. The lowest BCUT2D eigenvalue weighted by atomic mass is 9.90. The van der Waals surface area contributed by atoms with E-state index >= 15 is 0 Å². The van der Waals surface area contributed by atoms with E-state index in [4.69, 9.17) is 0 Å². The summed E-state index contributed by atoms with van der Waals surface area (Å²) in [5.74, 6) is 0. The third kappa shape index (κ3) is 2.38. The largest absolute Gasteiger partial charge is 0.391 e. The first-order valence-corrected chi connectivity index (χ1v) is 6.24. The molecule has 0 radical (unpaired) electrons. The monoisotopic (exact) mass is 219 g/mol. The maximum absolute atomic E-state index is 9.52. The van der Waals surface area contributed by atoms with Crippen LogP contribution in [0.5, 0.6) is 0 Å². The molecule has 1 aromatic rings. The number of nitrogens with one attached hydrogen (secondary N) is 1. The van der Waals surface area contributed by atoms with Gasteiger partial charge >= 0.3 is 0 Å². The van der Waals surface area contributed by atoms with Crippen molar-refractivity contribution in [3.8, 4) is 0 Å². The van der Waals surface area contributed by atoms with Crippen LogP contribution in [-0.4, -0.2) is 17.3 Å². The van der Waals surface area contributed by atoms with Crippen molar-refractivity contribution in [1.82, 2.24) is 0 Å². The Hall–Kier alpha value is -1.02. The fraction of sp³-hybridized carbons (Fsp3) is 0.571. The minimum atomic E-state index is -0.320. The van der Waals surface area contributed by atoms with Crippen molar-refractivity contribution in [2.75, 3.05) is 5.32 Å². The Kier molecular flexibility index (Phi) is 3.49. The predicted octanol–water partition coefficient (Wildman–Crippen LogP) is 2.75. The van der Waals surface area contributed by atoms with E-state index in [0.29, 0.717) is 0 Å². The van der Waals surface area contributed by atoms with Crippen molar-refractivity contribution in [3.05, 3.63) is 29.3 Å². The summed E-state index contributed by atoms with van der Waals surface area (Å²) in [7, 11) is 0.